The molecule has 4 nitrogen and oxygen atoms in total. The highest BCUT2D eigenvalue weighted by atomic mass is 16.5. The zero-order chi connectivity index (χ0) is 15.7. The number of benzene rings is 1. The third kappa shape index (κ3) is 6.63. The minimum atomic E-state index is -0.446. The monoisotopic (exact) mass is 292 g/mol. The molecule has 0 aliphatic rings. The van der Waals surface area contributed by atoms with Gasteiger partial charge in [-0.05, 0) is 43.5 Å². The third-order valence-electron chi connectivity index (χ3n) is 3.67. The molecule has 0 radical (unpaired) electrons. The topological polar surface area (TPSA) is 64.3 Å². The van der Waals surface area contributed by atoms with E-state index in [1.807, 2.05) is 0 Å². The quantitative estimate of drug-likeness (QED) is 0.680. The van der Waals surface area contributed by atoms with E-state index in [0.717, 1.165) is 12.1 Å². The van der Waals surface area contributed by atoms with E-state index in [9.17, 15) is 4.79 Å². The lowest BCUT2D eigenvalue weighted by Crippen LogP contribution is -2.29. The van der Waals surface area contributed by atoms with Gasteiger partial charge in [0.05, 0.1) is 6.61 Å². The normalized spacial score (nSPS) is 13.7. The fourth-order valence-electron chi connectivity index (χ4n) is 2.06. The molecule has 0 aromatic heterocycles. The molecular weight excluding hydrogens is 264 g/mol. The Kier molecular flexibility index (Phi) is 7.83. The second kappa shape index (κ2) is 9.40. The minimum absolute atomic E-state index is 0.120. The van der Waals surface area contributed by atoms with Crippen LogP contribution in [0, 0.1) is 5.92 Å². The molecule has 0 aliphatic carbocycles. The summed E-state index contributed by atoms with van der Waals surface area (Å²) in [6.07, 6.45) is 4.22. The molecule has 2 unspecified atom stereocenters. The molecule has 3 N–H and O–H groups in total. The number of hydrogen-bond acceptors (Lipinski definition) is 3. The van der Waals surface area contributed by atoms with Gasteiger partial charge in [-0.3, -0.25) is 4.79 Å². The highest BCUT2D eigenvalue weighted by Gasteiger charge is 2.15. The van der Waals surface area contributed by atoms with E-state index in [4.69, 9.17) is 10.5 Å². The lowest BCUT2D eigenvalue weighted by Gasteiger charge is -2.18. The van der Waals surface area contributed by atoms with Crippen molar-refractivity contribution in [2.45, 2.75) is 52.6 Å². The van der Waals surface area contributed by atoms with Gasteiger partial charge in [0.25, 0.3) is 5.91 Å². The summed E-state index contributed by atoms with van der Waals surface area (Å²) < 4.78 is 5.71. The summed E-state index contributed by atoms with van der Waals surface area (Å²) >= 11 is 0. The van der Waals surface area contributed by atoms with Gasteiger partial charge in [-0.1, -0.05) is 33.1 Å². The molecule has 21 heavy (non-hydrogen) atoms. The van der Waals surface area contributed by atoms with Gasteiger partial charge < -0.3 is 15.8 Å². The SMILES string of the molecule is CCCCC(CC)COC(C)C(=O)Nc1ccc(N)cc1. The molecule has 1 aromatic carbocycles. The van der Waals surface area contributed by atoms with E-state index in [1.54, 1.807) is 31.2 Å². The lowest BCUT2D eigenvalue weighted by molar-refractivity contribution is -0.127. The largest absolute Gasteiger partial charge is 0.399 e. The molecule has 0 spiro atoms. The Morgan fingerprint density at radius 1 is 1.29 bits per heavy atom. The molecule has 4 heteroatoms. The summed E-state index contributed by atoms with van der Waals surface area (Å²) in [6, 6.07) is 7.10. The molecule has 0 fully saturated rings. The molecule has 1 rings (SSSR count). The Bertz CT molecular complexity index is 417. The molecule has 0 saturated carbocycles. The Morgan fingerprint density at radius 3 is 2.52 bits per heavy atom. The number of nitrogens with one attached hydrogen (secondary N) is 1. The maximum absolute atomic E-state index is 12.0. The van der Waals surface area contributed by atoms with Gasteiger partial charge in [-0.2, -0.15) is 0 Å². The maximum Gasteiger partial charge on any atom is 0.253 e. The lowest BCUT2D eigenvalue weighted by atomic mass is 10.0. The fourth-order valence-corrected chi connectivity index (χ4v) is 2.06. The van der Waals surface area contributed by atoms with E-state index in [-0.39, 0.29) is 5.91 Å². The van der Waals surface area contributed by atoms with Gasteiger partial charge in [0, 0.05) is 11.4 Å². The van der Waals surface area contributed by atoms with Crippen LogP contribution >= 0.6 is 0 Å². The summed E-state index contributed by atoms with van der Waals surface area (Å²) in [6.45, 7) is 6.80. The number of nitrogen functional groups attached to an aromatic ring is 1. The van der Waals surface area contributed by atoms with Gasteiger partial charge in [-0.15, -0.1) is 0 Å². The Morgan fingerprint density at radius 2 is 1.95 bits per heavy atom. The molecule has 0 aliphatic heterocycles. The Balaban J connectivity index is 2.38. The molecule has 118 valence electrons. The maximum atomic E-state index is 12.0. The van der Waals surface area contributed by atoms with E-state index in [0.29, 0.717) is 18.2 Å². The van der Waals surface area contributed by atoms with Gasteiger partial charge in [-0.25, -0.2) is 0 Å². The standard InChI is InChI=1S/C17H28N2O2/c1-4-6-7-14(5-2)12-21-13(3)17(20)19-16-10-8-15(18)9-11-16/h8-11,13-14H,4-7,12,18H2,1-3H3,(H,19,20). The smallest absolute Gasteiger partial charge is 0.253 e. The number of anilines is 2. The second-order valence-corrected chi connectivity index (χ2v) is 5.50. The van der Waals surface area contributed by atoms with Crippen molar-refractivity contribution in [3.05, 3.63) is 24.3 Å². The zero-order valence-corrected chi connectivity index (χ0v) is 13.4. The summed E-state index contributed by atoms with van der Waals surface area (Å²) in [5.74, 6) is 0.418. The van der Waals surface area contributed by atoms with Crippen LogP contribution in [0.4, 0.5) is 11.4 Å². The van der Waals surface area contributed by atoms with Gasteiger partial charge in [0.2, 0.25) is 0 Å². The van der Waals surface area contributed by atoms with Crippen molar-refractivity contribution in [1.29, 1.82) is 0 Å². The first-order chi connectivity index (χ1) is 10.1. The number of carbonyl (C=O) groups is 1. The first kappa shape index (κ1) is 17.5. The summed E-state index contributed by atoms with van der Waals surface area (Å²) in [7, 11) is 0. The highest BCUT2D eigenvalue weighted by Crippen LogP contribution is 2.15. The van der Waals surface area contributed by atoms with Crippen molar-refractivity contribution < 1.29 is 9.53 Å². The predicted octanol–water partition coefficient (Wildman–Crippen LogP) is 3.83. The number of amides is 1. The Labute approximate surface area is 128 Å². The van der Waals surface area contributed by atoms with Crippen LogP contribution in [0.25, 0.3) is 0 Å². The van der Waals surface area contributed by atoms with Crippen molar-refractivity contribution in [2.75, 3.05) is 17.7 Å². The minimum Gasteiger partial charge on any atom is -0.399 e. The molecule has 0 saturated heterocycles. The number of carbonyl (C=O) groups excluding carboxylic acids is 1. The highest BCUT2D eigenvalue weighted by molar-refractivity contribution is 5.94. The molecule has 0 bridgehead atoms. The van der Waals surface area contributed by atoms with Crippen LogP contribution in [-0.2, 0) is 9.53 Å². The average Bonchev–Trinajstić information content (AvgIpc) is 2.49. The second-order valence-electron chi connectivity index (χ2n) is 5.50. The van der Waals surface area contributed by atoms with E-state index >= 15 is 0 Å². The number of nitrogens with two attached hydrogens (primary N) is 1. The molecular formula is C17H28N2O2. The average molecular weight is 292 g/mol. The van der Waals surface area contributed by atoms with Crippen molar-refractivity contribution in [1.82, 2.24) is 0 Å². The van der Waals surface area contributed by atoms with E-state index in [1.165, 1.54) is 19.3 Å². The summed E-state index contributed by atoms with van der Waals surface area (Å²) in [5, 5.41) is 2.83. The predicted molar refractivity (Wildman–Crippen MR) is 88.2 cm³/mol. The van der Waals surface area contributed by atoms with Crippen molar-refractivity contribution in [3.8, 4) is 0 Å². The Hall–Kier alpha value is -1.55. The first-order valence-electron chi connectivity index (χ1n) is 7.84. The van der Waals surface area contributed by atoms with Crippen LogP contribution in [0.5, 0.6) is 0 Å². The van der Waals surface area contributed by atoms with Gasteiger partial charge >= 0.3 is 0 Å². The van der Waals surface area contributed by atoms with Crippen molar-refractivity contribution >= 4 is 17.3 Å². The van der Waals surface area contributed by atoms with Crippen LogP contribution in [0.3, 0.4) is 0 Å². The molecule has 1 aromatic rings. The van der Waals surface area contributed by atoms with Crippen LogP contribution in [-0.4, -0.2) is 18.6 Å². The number of unbranched alkanes of at least 4 members (excludes halogenated alkanes) is 1. The number of ether oxygens (including phenoxy) is 1. The molecule has 2 atom stereocenters. The van der Waals surface area contributed by atoms with Gasteiger partial charge in [0.1, 0.15) is 6.10 Å². The van der Waals surface area contributed by atoms with Crippen LogP contribution < -0.4 is 11.1 Å². The first-order valence-corrected chi connectivity index (χ1v) is 7.84. The molecule has 1 amide bonds. The fraction of sp³-hybridized carbons (Fsp3) is 0.588. The zero-order valence-electron chi connectivity index (χ0n) is 13.4. The summed E-state index contributed by atoms with van der Waals surface area (Å²) in [5.41, 5.74) is 7.03. The van der Waals surface area contributed by atoms with Crippen molar-refractivity contribution in [2.24, 2.45) is 5.92 Å². The van der Waals surface area contributed by atoms with Crippen LogP contribution in [0.15, 0.2) is 24.3 Å². The van der Waals surface area contributed by atoms with Crippen molar-refractivity contribution in [3.63, 3.8) is 0 Å². The van der Waals surface area contributed by atoms with Gasteiger partial charge in [0.15, 0.2) is 0 Å². The summed E-state index contributed by atoms with van der Waals surface area (Å²) in [4.78, 5) is 12.0. The number of rotatable bonds is 9. The number of hydrogen-bond donors (Lipinski definition) is 2. The van der Waals surface area contributed by atoms with E-state index < -0.39 is 6.10 Å². The van der Waals surface area contributed by atoms with E-state index in [2.05, 4.69) is 19.2 Å². The third-order valence-corrected chi connectivity index (χ3v) is 3.67. The molecule has 0 heterocycles. The van der Waals surface area contributed by atoms with Crippen LogP contribution in [0.2, 0.25) is 0 Å². The van der Waals surface area contributed by atoms with Crippen LogP contribution in [0.1, 0.15) is 46.5 Å².